The number of carbonyl (C=O) groups excluding carboxylic acids is 1. The van der Waals surface area contributed by atoms with Crippen molar-refractivity contribution in [2.24, 2.45) is 0 Å². The maximum atomic E-state index is 12.5. The lowest BCUT2D eigenvalue weighted by atomic mass is 9.84. The van der Waals surface area contributed by atoms with Gasteiger partial charge in [-0.05, 0) is 54.7 Å². The molecule has 1 amide bonds. The van der Waals surface area contributed by atoms with E-state index in [1.54, 1.807) is 18.2 Å². The smallest absolute Gasteiger partial charge is 0.270 e. The van der Waals surface area contributed by atoms with Crippen LogP contribution in [0.15, 0.2) is 47.4 Å². The number of amides is 1. The van der Waals surface area contributed by atoms with Crippen molar-refractivity contribution < 1.29 is 17.9 Å². The normalized spacial score (nSPS) is 15.2. The number of methoxy groups -OCH3 is 1. The molecule has 1 saturated carbocycles. The number of hydrogen-bond donors (Lipinski definition) is 2. The first-order valence-corrected chi connectivity index (χ1v) is 11.0. The summed E-state index contributed by atoms with van der Waals surface area (Å²) in [5.41, 5.74) is 3.49. The van der Waals surface area contributed by atoms with Gasteiger partial charge in [0.15, 0.2) is 0 Å². The van der Waals surface area contributed by atoms with Gasteiger partial charge in [0, 0.05) is 5.02 Å². The minimum Gasteiger partial charge on any atom is -0.496 e. The Morgan fingerprint density at radius 2 is 1.75 bits per heavy atom. The third-order valence-corrected chi connectivity index (χ3v) is 6.47. The Hall–Kier alpha value is -2.09. The molecule has 3 rings (SSSR count). The molecule has 0 saturated heterocycles. The Balaban J connectivity index is 1.68. The highest BCUT2D eigenvalue weighted by molar-refractivity contribution is 7.89. The van der Waals surface area contributed by atoms with Crippen molar-refractivity contribution in [2.75, 3.05) is 7.11 Å². The number of sulfonamides is 1. The quantitative estimate of drug-likeness (QED) is 0.688. The molecule has 0 aliphatic heterocycles. The van der Waals surface area contributed by atoms with Gasteiger partial charge in [0.05, 0.1) is 17.6 Å². The van der Waals surface area contributed by atoms with E-state index in [4.69, 9.17) is 16.3 Å². The monoisotopic (exact) mass is 422 g/mol. The van der Waals surface area contributed by atoms with Gasteiger partial charge in [-0.1, -0.05) is 43.0 Å². The van der Waals surface area contributed by atoms with Gasteiger partial charge < -0.3 is 4.74 Å². The molecule has 150 valence electrons. The van der Waals surface area contributed by atoms with Gasteiger partial charge in [0.2, 0.25) is 0 Å². The molecular weight excluding hydrogens is 400 g/mol. The average molecular weight is 423 g/mol. The van der Waals surface area contributed by atoms with Crippen molar-refractivity contribution in [3.05, 3.63) is 58.6 Å². The third kappa shape index (κ3) is 4.84. The zero-order valence-electron chi connectivity index (χ0n) is 15.6. The summed E-state index contributed by atoms with van der Waals surface area (Å²) in [6, 6.07) is 11.4. The second kappa shape index (κ2) is 8.94. The van der Waals surface area contributed by atoms with Crippen molar-refractivity contribution in [1.29, 1.82) is 0 Å². The second-order valence-corrected chi connectivity index (χ2v) is 8.93. The van der Waals surface area contributed by atoms with Gasteiger partial charge in [-0.25, -0.2) is 8.42 Å². The molecule has 0 aromatic heterocycles. The van der Waals surface area contributed by atoms with Crippen molar-refractivity contribution in [1.82, 2.24) is 10.3 Å². The highest BCUT2D eigenvalue weighted by Gasteiger charge is 2.20. The van der Waals surface area contributed by atoms with Gasteiger partial charge in [0.25, 0.3) is 15.9 Å². The molecule has 1 fully saturated rings. The first kappa shape index (κ1) is 20.6. The van der Waals surface area contributed by atoms with Gasteiger partial charge in [0.1, 0.15) is 5.75 Å². The first-order valence-electron chi connectivity index (χ1n) is 9.16. The molecule has 0 heterocycles. The minimum atomic E-state index is -3.90. The molecule has 0 atom stereocenters. The number of nitrogens with one attached hydrogen (secondary N) is 2. The molecule has 0 unspecified atom stereocenters. The van der Waals surface area contributed by atoms with Crippen LogP contribution in [0.2, 0.25) is 5.02 Å². The molecular formula is C20H23ClN2O4S. The minimum absolute atomic E-state index is 0.0884. The summed E-state index contributed by atoms with van der Waals surface area (Å²) in [6.07, 6.45) is 5.98. The molecule has 2 N–H and O–H groups in total. The average Bonchev–Trinajstić information content (AvgIpc) is 2.73. The zero-order valence-corrected chi connectivity index (χ0v) is 17.1. The molecule has 0 bridgehead atoms. The maximum Gasteiger partial charge on any atom is 0.270 e. The van der Waals surface area contributed by atoms with E-state index in [9.17, 15) is 13.2 Å². The van der Waals surface area contributed by atoms with Crippen LogP contribution in [0.3, 0.4) is 0 Å². The van der Waals surface area contributed by atoms with E-state index in [-0.39, 0.29) is 16.2 Å². The zero-order chi connectivity index (χ0) is 20.1. The summed E-state index contributed by atoms with van der Waals surface area (Å²) in [7, 11) is -2.48. The predicted octanol–water partition coefficient (Wildman–Crippen LogP) is 4.02. The number of rotatable bonds is 6. The van der Waals surface area contributed by atoms with Crippen molar-refractivity contribution >= 4 is 27.5 Å². The molecule has 2 aromatic rings. The van der Waals surface area contributed by atoms with Crippen LogP contribution in [0.25, 0.3) is 0 Å². The van der Waals surface area contributed by atoms with E-state index < -0.39 is 15.9 Å². The van der Waals surface area contributed by atoms with E-state index in [1.165, 1.54) is 38.5 Å². The lowest BCUT2D eigenvalue weighted by molar-refractivity contribution is 0.0942. The van der Waals surface area contributed by atoms with Gasteiger partial charge >= 0.3 is 0 Å². The number of ether oxygens (including phenoxy) is 1. The van der Waals surface area contributed by atoms with Crippen LogP contribution >= 0.6 is 11.6 Å². The first-order chi connectivity index (χ1) is 13.4. The molecule has 0 radical (unpaired) electrons. The van der Waals surface area contributed by atoms with Crippen molar-refractivity contribution in [2.45, 2.75) is 42.9 Å². The SMILES string of the molecule is COc1ccc(Cl)cc1C(=O)NNS(=O)(=O)c1ccc(C2CCCCC2)cc1. The Morgan fingerprint density at radius 1 is 1.07 bits per heavy atom. The Kier molecular flexibility index (Phi) is 6.59. The fourth-order valence-electron chi connectivity index (χ4n) is 3.45. The van der Waals surface area contributed by atoms with Crippen LogP contribution in [0, 0.1) is 0 Å². The van der Waals surface area contributed by atoms with Gasteiger partial charge in [-0.3, -0.25) is 10.2 Å². The summed E-state index contributed by atoms with van der Waals surface area (Å²) in [5.74, 6) is 0.119. The number of benzene rings is 2. The highest BCUT2D eigenvalue weighted by atomic mass is 35.5. The fourth-order valence-corrected chi connectivity index (χ4v) is 4.46. The van der Waals surface area contributed by atoms with Crippen LogP contribution in [0.5, 0.6) is 5.75 Å². The van der Waals surface area contributed by atoms with Crippen LogP contribution < -0.4 is 15.0 Å². The standard InChI is InChI=1S/C20H23ClN2O4S/c1-27-19-12-9-16(21)13-18(19)20(24)22-23-28(25,26)17-10-7-15(8-11-17)14-5-3-2-4-6-14/h7-14,23H,2-6H2,1H3,(H,22,24). The summed E-state index contributed by atoms with van der Waals surface area (Å²) in [5, 5.41) is 0.340. The topological polar surface area (TPSA) is 84.5 Å². The van der Waals surface area contributed by atoms with Crippen molar-refractivity contribution in [3.63, 3.8) is 0 Å². The summed E-state index contributed by atoms with van der Waals surface area (Å²) >= 11 is 5.91. The van der Waals surface area contributed by atoms with E-state index >= 15 is 0 Å². The van der Waals surface area contributed by atoms with Crippen LogP contribution in [0.4, 0.5) is 0 Å². The van der Waals surface area contributed by atoms with E-state index in [1.807, 2.05) is 12.1 Å². The lowest BCUT2D eigenvalue weighted by Gasteiger charge is -2.22. The van der Waals surface area contributed by atoms with Gasteiger partial charge in [-0.2, -0.15) is 0 Å². The van der Waals surface area contributed by atoms with Crippen molar-refractivity contribution in [3.8, 4) is 5.75 Å². The molecule has 8 heteroatoms. The largest absolute Gasteiger partial charge is 0.496 e. The van der Waals surface area contributed by atoms with Gasteiger partial charge in [-0.15, -0.1) is 4.83 Å². The predicted molar refractivity (Wildman–Crippen MR) is 108 cm³/mol. The van der Waals surface area contributed by atoms with E-state index in [0.717, 1.165) is 18.4 Å². The summed E-state index contributed by atoms with van der Waals surface area (Å²) in [4.78, 5) is 14.5. The van der Waals surface area contributed by atoms with E-state index in [2.05, 4.69) is 10.3 Å². The second-order valence-electron chi connectivity index (χ2n) is 6.81. The number of carbonyl (C=O) groups is 1. The van der Waals surface area contributed by atoms with Crippen LogP contribution in [0.1, 0.15) is 53.9 Å². The highest BCUT2D eigenvalue weighted by Crippen LogP contribution is 2.32. The Labute approximate surface area is 170 Å². The summed E-state index contributed by atoms with van der Waals surface area (Å²) < 4.78 is 30.1. The maximum absolute atomic E-state index is 12.5. The number of halogens is 1. The van der Waals surface area contributed by atoms with Crippen LogP contribution in [-0.2, 0) is 10.0 Å². The molecule has 1 aliphatic carbocycles. The molecule has 2 aromatic carbocycles. The lowest BCUT2D eigenvalue weighted by Crippen LogP contribution is -2.41. The van der Waals surface area contributed by atoms with E-state index in [0.29, 0.717) is 10.9 Å². The third-order valence-electron chi connectivity index (χ3n) is 4.97. The number of hydrazine groups is 1. The number of hydrogen-bond acceptors (Lipinski definition) is 4. The Bertz CT molecular complexity index is 939. The molecule has 1 aliphatic rings. The van der Waals surface area contributed by atoms with Crippen LogP contribution in [-0.4, -0.2) is 21.4 Å². The fraction of sp³-hybridized carbons (Fsp3) is 0.350. The molecule has 28 heavy (non-hydrogen) atoms. The Morgan fingerprint density at radius 3 is 2.39 bits per heavy atom. The molecule has 6 nitrogen and oxygen atoms in total. The summed E-state index contributed by atoms with van der Waals surface area (Å²) in [6.45, 7) is 0. The molecule has 0 spiro atoms.